The van der Waals surface area contributed by atoms with Gasteiger partial charge in [-0.05, 0) is 31.4 Å². The Hall–Kier alpha value is -0.840. The predicted molar refractivity (Wildman–Crippen MR) is 66.6 cm³/mol. The van der Waals surface area contributed by atoms with E-state index in [-0.39, 0.29) is 17.2 Å². The highest BCUT2D eigenvalue weighted by Gasteiger charge is 2.24. The van der Waals surface area contributed by atoms with Crippen LogP contribution >= 0.6 is 23.2 Å². The zero-order chi connectivity index (χ0) is 12.4. The van der Waals surface area contributed by atoms with Crippen LogP contribution in [0.15, 0.2) is 6.07 Å². The van der Waals surface area contributed by atoms with E-state index in [1.165, 1.54) is 0 Å². The number of ether oxygens (including phenoxy) is 1. The Balaban J connectivity index is 2.15. The van der Waals surface area contributed by atoms with Crippen molar-refractivity contribution < 1.29 is 9.53 Å². The molecule has 2 rings (SSSR count). The molecular weight excluding hydrogens is 263 g/mol. The van der Waals surface area contributed by atoms with Crippen LogP contribution in [0.3, 0.4) is 0 Å². The van der Waals surface area contributed by atoms with Crippen LogP contribution in [0.25, 0.3) is 0 Å². The number of carbonyl (C=O) groups is 1. The SMILES string of the molecule is Cc1cc(Cl)nc(Cl)c1NC(=O)C1CCCO1. The molecule has 1 aromatic heterocycles. The molecule has 92 valence electrons. The first-order chi connectivity index (χ1) is 8.08. The number of pyridine rings is 1. The maximum absolute atomic E-state index is 11.8. The van der Waals surface area contributed by atoms with Crippen LogP contribution in [0.4, 0.5) is 5.69 Å². The van der Waals surface area contributed by atoms with Crippen molar-refractivity contribution >= 4 is 34.8 Å². The molecule has 0 aliphatic carbocycles. The summed E-state index contributed by atoms with van der Waals surface area (Å²) in [6.07, 6.45) is 1.26. The Morgan fingerprint density at radius 3 is 2.94 bits per heavy atom. The second kappa shape index (κ2) is 5.21. The lowest BCUT2D eigenvalue weighted by molar-refractivity contribution is -0.124. The smallest absolute Gasteiger partial charge is 0.253 e. The fourth-order valence-electron chi connectivity index (χ4n) is 1.73. The number of hydrogen-bond donors (Lipinski definition) is 1. The first-order valence-electron chi connectivity index (χ1n) is 5.33. The van der Waals surface area contributed by atoms with Gasteiger partial charge in [-0.2, -0.15) is 0 Å². The second-order valence-electron chi connectivity index (χ2n) is 3.92. The summed E-state index contributed by atoms with van der Waals surface area (Å²) in [5.74, 6) is -0.184. The zero-order valence-electron chi connectivity index (χ0n) is 9.30. The number of carbonyl (C=O) groups excluding carboxylic acids is 1. The Morgan fingerprint density at radius 2 is 2.35 bits per heavy atom. The standard InChI is InChI=1S/C11H12Cl2N2O2/c1-6-5-8(12)14-10(13)9(6)15-11(16)7-3-2-4-17-7/h5,7H,2-4H2,1H3,(H,15,16). The highest BCUT2D eigenvalue weighted by atomic mass is 35.5. The maximum Gasteiger partial charge on any atom is 0.253 e. The van der Waals surface area contributed by atoms with Crippen LogP contribution in [-0.2, 0) is 9.53 Å². The fraction of sp³-hybridized carbons (Fsp3) is 0.455. The Bertz CT molecular complexity index is 422. The molecule has 1 atom stereocenters. The summed E-state index contributed by atoms with van der Waals surface area (Å²) in [5, 5.41) is 3.23. The lowest BCUT2D eigenvalue weighted by atomic mass is 10.2. The minimum atomic E-state index is -0.388. The van der Waals surface area contributed by atoms with E-state index in [1.54, 1.807) is 6.07 Å². The summed E-state index contributed by atoms with van der Waals surface area (Å²) in [6.45, 7) is 2.44. The van der Waals surface area contributed by atoms with Crippen LogP contribution < -0.4 is 5.32 Å². The summed E-state index contributed by atoms with van der Waals surface area (Å²) >= 11 is 11.7. The van der Waals surface area contributed by atoms with Gasteiger partial charge in [0.2, 0.25) is 0 Å². The van der Waals surface area contributed by atoms with Gasteiger partial charge in [-0.25, -0.2) is 4.98 Å². The molecule has 2 heterocycles. The monoisotopic (exact) mass is 274 g/mol. The molecule has 1 aliphatic heterocycles. The van der Waals surface area contributed by atoms with E-state index in [4.69, 9.17) is 27.9 Å². The van der Waals surface area contributed by atoms with E-state index in [9.17, 15) is 4.79 Å². The number of aromatic nitrogens is 1. The van der Waals surface area contributed by atoms with Crippen molar-refractivity contribution in [1.82, 2.24) is 4.98 Å². The van der Waals surface area contributed by atoms with Crippen molar-refractivity contribution in [2.24, 2.45) is 0 Å². The van der Waals surface area contributed by atoms with E-state index in [0.717, 1.165) is 18.4 Å². The van der Waals surface area contributed by atoms with Gasteiger partial charge in [0.1, 0.15) is 11.3 Å². The first-order valence-corrected chi connectivity index (χ1v) is 6.08. The number of rotatable bonds is 2. The molecule has 1 unspecified atom stereocenters. The van der Waals surface area contributed by atoms with Crippen molar-refractivity contribution in [3.05, 3.63) is 21.9 Å². The van der Waals surface area contributed by atoms with E-state index < -0.39 is 0 Å². The number of nitrogens with one attached hydrogen (secondary N) is 1. The van der Waals surface area contributed by atoms with Gasteiger partial charge >= 0.3 is 0 Å². The molecule has 1 N–H and O–H groups in total. The molecule has 1 aliphatic rings. The first kappa shape index (κ1) is 12.6. The molecule has 0 bridgehead atoms. The van der Waals surface area contributed by atoms with E-state index in [0.29, 0.717) is 17.4 Å². The highest BCUT2D eigenvalue weighted by molar-refractivity contribution is 6.34. The molecule has 1 aromatic rings. The molecule has 1 saturated heterocycles. The molecule has 0 radical (unpaired) electrons. The number of nitrogens with zero attached hydrogens (tertiary/aromatic N) is 1. The largest absolute Gasteiger partial charge is 0.368 e. The van der Waals surface area contributed by atoms with Crippen LogP contribution in [0, 0.1) is 6.92 Å². The number of hydrogen-bond acceptors (Lipinski definition) is 3. The lowest BCUT2D eigenvalue weighted by Crippen LogP contribution is -2.27. The fourth-order valence-corrected chi connectivity index (χ4v) is 2.31. The number of anilines is 1. The van der Waals surface area contributed by atoms with Crippen molar-refractivity contribution in [2.45, 2.75) is 25.9 Å². The normalized spacial score (nSPS) is 19.4. The minimum Gasteiger partial charge on any atom is -0.368 e. The Kier molecular flexibility index (Phi) is 3.86. The second-order valence-corrected chi connectivity index (χ2v) is 4.66. The van der Waals surface area contributed by atoms with Crippen molar-refractivity contribution in [2.75, 3.05) is 11.9 Å². The van der Waals surface area contributed by atoms with Gasteiger partial charge in [0.05, 0.1) is 5.69 Å². The third-order valence-electron chi connectivity index (χ3n) is 2.61. The van der Waals surface area contributed by atoms with Gasteiger partial charge < -0.3 is 10.1 Å². The minimum absolute atomic E-state index is 0.184. The molecule has 0 saturated carbocycles. The summed E-state index contributed by atoms with van der Waals surface area (Å²) in [7, 11) is 0. The topological polar surface area (TPSA) is 51.2 Å². The third kappa shape index (κ3) is 2.89. The van der Waals surface area contributed by atoms with Crippen molar-refractivity contribution in [1.29, 1.82) is 0 Å². The molecule has 17 heavy (non-hydrogen) atoms. The molecule has 6 heteroatoms. The number of amides is 1. The summed E-state index contributed by atoms with van der Waals surface area (Å²) in [6, 6.07) is 1.65. The Morgan fingerprint density at radius 1 is 1.59 bits per heavy atom. The van der Waals surface area contributed by atoms with Gasteiger partial charge in [0, 0.05) is 6.61 Å². The number of halogens is 2. The van der Waals surface area contributed by atoms with Crippen LogP contribution in [-0.4, -0.2) is 23.6 Å². The van der Waals surface area contributed by atoms with E-state index in [2.05, 4.69) is 10.3 Å². The van der Waals surface area contributed by atoms with Gasteiger partial charge in [-0.1, -0.05) is 23.2 Å². The average Bonchev–Trinajstić information content (AvgIpc) is 2.76. The summed E-state index contributed by atoms with van der Waals surface area (Å²) in [5.41, 5.74) is 1.28. The molecule has 0 spiro atoms. The van der Waals surface area contributed by atoms with Crippen molar-refractivity contribution in [3.63, 3.8) is 0 Å². The summed E-state index contributed by atoms with van der Waals surface area (Å²) < 4.78 is 5.29. The molecule has 1 fully saturated rings. The van der Waals surface area contributed by atoms with Crippen LogP contribution in [0.2, 0.25) is 10.3 Å². The van der Waals surface area contributed by atoms with Gasteiger partial charge in [0.25, 0.3) is 5.91 Å². The van der Waals surface area contributed by atoms with Gasteiger partial charge in [0.15, 0.2) is 5.15 Å². The van der Waals surface area contributed by atoms with Crippen LogP contribution in [0.5, 0.6) is 0 Å². The summed E-state index contributed by atoms with van der Waals surface area (Å²) in [4.78, 5) is 15.7. The Labute approximate surface area is 109 Å². The quantitative estimate of drug-likeness (QED) is 0.844. The molecule has 0 aromatic carbocycles. The average molecular weight is 275 g/mol. The lowest BCUT2D eigenvalue weighted by Gasteiger charge is -2.13. The van der Waals surface area contributed by atoms with Gasteiger partial charge in [-0.3, -0.25) is 4.79 Å². The molecular formula is C11H12Cl2N2O2. The number of aryl methyl sites for hydroxylation is 1. The van der Waals surface area contributed by atoms with Crippen molar-refractivity contribution in [3.8, 4) is 0 Å². The van der Waals surface area contributed by atoms with E-state index >= 15 is 0 Å². The third-order valence-corrected chi connectivity index (χ3v) is 3.08. The molecule has 4 nitrogen and oxygen atoms in total. The highest BCUT2D eigenvalue weighted by Crippen LogP contribution is 2.27. The van der Waals surface area contributed by atoms with E-state index in [1.807, 2.05) is 6.92 Å². The predicted octanol–water partition coefficient (Wildman–Crippen LogP) is 2.81. The van der Waals surface area contributed by atoms with Crippen LogP contribution in [0.1, 0.15) is 18.4 Å². The zero-order valence-corrected chi connectivity index (χ0v) is 10.8. The maximum atomic E-state index is 11.8. The van der Waals surface area contributed by atoms with Gasteiger partial charge in [-0.15, -0.1) is 0 Å². The molecule has 1 amide bonds.